The third-order valence-electron chi connectivity index (χ3n) is 3.78. The van der Waals surface area contributed by atoms with Gasteiger partial charge in [-0.3, -0.25) is 0 Å². The van der Waals surface area contributed by atoms with Crippen LogP contribution in [0.25, 0.3) is 0 Å². The molecule has 0 saturated heterocycles. The number of halogens is 1. The second kappa shape index (κ2) is 9.26. The summed E-state index contributed by atoms with van der Waals surface area (Å²) in [7, 11) is 0. The molecule has 3 nitrogen and oxygen atoms in total. The van der Waals surface area contributed by atoms with Gasteiger partial charge in [0.2, 0.25) is 5.88 Å². The minimum atomic E-state index is 0.663. The van der Waals surface area contributed by atoms with Gasteiger partial charge in [-0.25, -0.2) is 4.98 Å². The Hall–Kier alpha value is -0.800. The van der Waals surface area contributed by atoms with E-state index in [0.29, 0.717) is 11.9 Å². The van der Waals surface area contributed by atoms with Gasteiger partial charge in [-0.1, -0.05) is 50.6 Å². The van der Waals surface area contributed by atoms with E-state index in [-0.39, 0.29) is 0 Å². The van der Waals surface area contributed by atoms with Crippen molar-refractivity contribution >= 4 is 11.6 Å². The molecular weight excluding hydrogens is 284 g/mol. The quantitative estimate of drug-likeness (QED) is 0.600. The van der Waals surface area contributed by atoms with Crippen LogP contribution in [0.1, 0.15) is 64.0 Å². The molecule has 21 heavy (non-hydrogen) atoms. The second-order valence-electron chi connectivity index (χ2n) is 5.85. The molecule has 1 saturated carbocycles. The molecule has 118 valence electrons. The zero-order valence-corrected chi connectivity index (χ0v) is 13.8. The molecule has 0 bridgehead atoms. The van der Waals surface area contributed by atoms with Crippen LogP contribution in [0, 0.1) is 0 Å². The number of rotatable bonds is 11. The number of pyridine rings is 1. The monoisotopic (exact) mass is 310 g/mol. The van der Waals surface area contributed by atoms with Crippen LogP contribution < -0.4 is 10.1 Å². The van der Waals surface area contributed by atoms with Gasteiger partial charge in [0.25, 0.3) is 0 Å². The average molecular weight is 311 g/mol. The third kappa shape index (κ3) is 6.66. The van der Waals surface area contributed by atoms with Gasteiger partial charge in [-0.15, -0.1) is 0 Å². The van der Waals surface area contributed by atoms with Crippen LogP contribution in [-0.4, -0.2) is 17.6 Å². The van der Waals surface area contributed by atoms with Gasteiger partial charge < -0.3 is 10.1 Å². The first kappa shape index (κ1) is 16.6. The van der Waals surface area contributed by atoms with Gasteiger partial charge in [0.15, 0.2) is 0 Å². The predicted octanol–water partition coefficient (Wildman–Crippen LogP) is 4.73. The number of nitrogens with one attached hydrogen (secondary N) is 1. The van der Waals surface area contributed by atoms with E-state index in [0.717, 1.165) is 30.3 Å². The Morgan fingerprint density at radius 3 is 2.71 bits per heavy atom. The van der Waals surface area contributed by atoms with Crippen molar-refractivity contribution in [3.63, 3.8) is 0 Å². The van der Waals surface area contributed by atoms with Crippen molar-refractivity contribution in [1.29, 1.82) is 0 Å². The normalized spacial score (nSPS) is 14.4. The third-order valence-corrected chi connectivity index (χ3v) is 4.12. The highest BCUT2D eigenvalue weighted by molar-refractivity contribution is 6.31. The second-order valence-corrected chi connectivity index (χ2v) is 6.26. The molecule has 1 N–H and O–H groups in total. The fourth-order valence-corrected chi connectivity index (χ4v) is 2.43. The Balaban J connectivity index is 1.66. The van der Waals surface area contributed by atoms with E-state index in [1.807, 2.05) is 12.1 Å². The number of ether oxygens (including phenoxy) is 1. The molecule has 1 heterocycles. The fourth-order valence-electron chi connectivity index (χ4n) is 2.26. The molecule has 0 amide bonds. The zero-order valence-electron chi connectivity index (χ0n) is 13.0. The molecule has 0 radical (unpaired) electrons. The molecule has 0 aliphatic heterocycles. The molecule has 1 aromatic rings. The standard InChI is InChI=1S/C17H27ClN2O/c1-2-3-4-5-6-7-12-21-17-11-10-15(18)16(20-17)13-19-14-8-9-14/h10-11,14,19H,2-9,12-13H2,1H3. The van der Waals surface area contributed by atoms with E-state index >= 15 is 0 Å². The lowest BCUT2D eigenvalue weighted by Crippen LogP contribution is -2.16. The van der Waals surface area contributed by atoms with E-state index in [9.17, 15) is 0 Å². The Labute approximate surface area is 133 Å². The molecule has 1 aliphatic carbocycles. The summed E-state index contributed by atoms with van der Waals surface area (Å²) in [5.41, 5.74) is 0.893. The minimum absolute atomic E-state index is 0.663. The van der Waals surface area contributed by atoms with Crippen molar-refractivity contribution in [1.82, 2.24) is 10.3 Å². The summed E-state index contributed by atoms with van der Waals surface area (Å²) in [6.45, 7) is 3.72. The molecule has 4 heteroatoms. The molecule has 2 rings (SSSR count). The maximum absolute atomic E-state index is 6.17. The summed E-state index contributed by atoms with van der Waals surface area (Å²) in [6, 6.07) is 4.41. The highest BCUT2D eigenvalue weighted by Crippen LogP contribution is 2.22. The number of nitrogens with zero attached hydrogens (tertiary/aromatic N) is 1. The summed E-state index contributed by atoms with van der Waals surface area (Å²) < 4.78 is 5.73. The predicted molar refractivity (Wildman–Crippen MR) is 88.0 cm³/mol. The van der Waals surface area contributed by atoms with Crippen LogP contribution in [0.15, 0.2) is 12.1 Å². The van der Waals surface area contributed by atoms with Crippen molar-refractivity contribution in [2.24, 2.45) is 0 Å². The zero-order chi connectivity index (χ0) is 14.9. The van der Waals surface area contributed by atoms with Crippen LogP contribution in [0.5, 0.6) is 5.88 Å². The summed E-state index contributed by atoms with van der Waals surface area (Å²) in [6.07, 6.45) is 10.2. The fraction of sp³-hybridized carbons (Fsp3) is 0.706. The van der Waals surface area contributed by atoms with Crippen LogP contribution in [0.4, 0.5) is 0 Å². The summed E-state index contributed by atoms with van der Waals surface area (Å²) in [5.74, 6) is 0.695. The summed E-state index contributed by atoms with van der Waals surface area (Å²) >= 11 is 6.17. The van der Waals surface area contributed by atoms with Crippen LogP contribution >= 0.6 is 11.6 Å². The lowest BCUT2D eigenvalue weighted by atomic mass is 10.1. The highest BCUT2D eigenvalue weighted by atomic mass is 35.5. The van der Waals surface area contributed by atoms with Gasteiger partial charge in [0.05, 0.1) is 17.3 Å². The summed E-state index contributed by atoms with van der Waals surface area (Å²) in [4.78, 5) is 4.50. The topological polar surface area (TPSA) is 34.1 Å². The number of hydrogen-bond donors (Lipinski definition) is 1. The van der Waals surface area contributed by atoms with E-state index in [1.165, 1.54) is 44.9 Å². The lowest BCUT2D eigenvalue weighted by Gasteiger charge is -2.09. The number of aromatic nitrogens is 1. The number of hydrogen-bond acceptors (Lipinski definition) is 3. The lowest BCUT2D eigenvalue weighted by molar-refractivity contribution is 0.292. The molecule has 0 spiro atoms. The van der Waals surface area contributed by atoms with Crippen molar-refractivity contribution in [2.75, 3.05) is 6.61 Å². The van der Waals surface area contributed by atoms with Crippen molar-refractivity contribution in [3.8, 4) is 5.88 Å². The number of unbranched alkanes of at least 4 members (excludes halogenated alkanes) is 5. The molecule has 0 unspecified atom stereocenters. The Morgan fingerprint density at radius 2 is 1.95 bits per heavy atom. The largest absolute Gasteiger partial charge is 0.478 e. The molecule has 0 atom stereocenters. The molecule has 0 aromatic carbocycles. The van der Waals surface area contributed by atoms with Crippen LogP contribution in [0.2, 0.25) is 5.02 Å². The van der Waals surface area contributed by atoms with E-state index in [2.05, 4.69) is 17.2 Å². The van der Waals surface area contributed by atoms with Crippen molar-refractivity contribution < 1.29 is 4.74 Å². The van der Waals surface area contributed by atoms with Gasteiger partial charge in [0, 0.05) is 18.7 Å². The van der Waals surface area contributed by atoms with Crippen LogP contribution in [-0.2, 0) is 6.54 Å². The van der Waals surface area contributed by atoms with Gasteiger partial charge in [0.1, 0.15) is 0 Å². The van der Waals surface area contributed by atoms with E-state index in [4.69, 9.17) is 16.3 Å². The van der Waals surface area contributed by atoms with E-state index in [1.54, 1.807) is 0 Å². The van der Waals surface area contributed by atoms with Crippen molar-refractivity contribution in [2.45, 2.75) is 70.9 Å². The van der Waals surface area contributed by atoms with Crippen molar-refractivity contribution in [3.05, 3.63) is 22.8 Å². The maximum Gasteiger partial charge on any atom is 0.213 e. The summed E-state index contributed by atoms with van der Waals surface area (Å²) in [5, 5.41) is 4.15. The first-order valence-electron chi connectivity index (χ1n) is 8.31. The molecular formula is C17H27ClN2O. The molecule has 1 aromatic heterocycles. The Bertz CT molecular complexity index is 421. The average Bonchev–Trinajstić information content (AvgIpc) is 3.31. The SMILES string of the molecule is CCCCCCCCOc1ccc(Cl)c(CNC2CC2)n1. The van der Waals surface area contributed by atoms with Gasteiger partial charge >= 0.3 is 0 Å². The Morgan fingerprint density at radius 1 is 1.19 bits per heavy atom. The highest BCUT2D eigenvalue weighted by Gasteiger charge is 2.20. The van der Waals surface area contributed by atoms with E-state index < -0.39 is 0 Å². The smallest absolute Gasteiger partial charge is 0.213 e. The molecule has 1 aliphatic rings. The first-order chi connectivity index (χ1) is 10.3. The first-order valence-corrected chi connectivity index (χ1v) is 8.69. The Kier molecular flexibility index (Phi) is 7.31. The van der Waals surface area contributed by atoms with Crippen LogP contribution in [0.3, 0.4) is 0 Å². The van der Waals surface area contributed by atoms with Gasteiger partial charge in [-0.2, -0.15) is 0 Å². The molecule has 1 fully saturated rings. The minimum Gasteiger partial charge on any atom is -0.478 e. The van der Waals surface area contributed by atoms with Gasteiger partial charge in [-0.05, 0) is 25.3 Å². The maximum atomic E-state index is 6.17.